The van der Waals surface area contributed by atoms with Crippen LogP contribution in [0.2, 0.25) is 0 Å². The number of rotatable bonds is 3. The second-order valence-electron chi connectivity index (χ2n) is 7.73. The summed E-state index contributed by atoms with van der Waals surface area (Å²) >= 11 is 0. The van der Waals surface area contributed by atoms with Crippen molar-refractivity contribution < 1.29 is 19.0 Å². The highest BCUT2D eigenvalue weighted by Crippen LogP contribution is 2.46. The molecule has 0 amide bonds. The molecule has 0 spiro atoms. The number of allylic oxidation sites excluding steroid dienone is 1. The molecule has 7 nitrogen and oxygen atoms in total. The van der Waals surface area contributed by atoms with Crippen LogP contribution >= 0.6 is 12.4 Å². The van der Waals surface area contributed by atoms with Gasteiger partial charge in [0.05, 0.1) is 5.39 Å². The van der Waals surface area contributed by atoms with Gasteiger partial charge >= 0.3 is 5.97 Å². The Morgan fingerprint density at radius 2 is 2.14 bits per heavy atom. The lowest BCUT2D eigenvalue weighted by molar-refractivity contribution is 0.0695. The van der Waals surface area contributed by atoms with Crippen molar-refractivity contribution in [3.63, 3.8) is 0 Å². The van der Waals surface area contributed by atoms with E-state index >= 15 is 4.39 Å². The number of aromatic carboxylic acids is 1. The lowest BCUT2D eigenvalue weighted by Crippen LogP contribution is -2.49. The van der Waals surface area contributed by atoms with Crippen LogP contribution in [0.15, 0.2) is 22.8 Å². The zero-order valence-corrected chi connectivity index (χ0v) is 16.6. The minimum absolute atomic E-state index is 0. The zero-order chi connectivity index (χ0) is 19.6. The van der Waals surface area contributed by atoms with E-state index in [0.29, 0.717) is 42.3 Å². The van der Waals surface area contributed by atoms with Gasteiger partial charge in [0.1, 0.15) is 22.5 Å². The van der Waals surface area contributed by atoms with Crippen LogP contribution in [0.3, 0.4) is 0 Å². The molecule has 1 saturated carbocycles. The highest BCUT2D eigenvalue weighted by atomic mass is 35.5. The third-order valence-corrected chi connectivity index (χ3v) is 5.58. The summed E-state index contributed by atoms with van der Waals surface area (Å²) in [6.07, 6.45) is 4.99. The van der Waals surface area contributed by atoms with Gasteiger partial charge in [-0.1, -0.05) is 0 Å². The largest absolute Gasteiger partial charge is 0.477 e. The van der Waals surface area contributed by atoms with Gasteiger partial charge in [-0.15, -0.1) is 12.4 Å². The van der Waals surface area contributed by atoms with Crippen LogP contribution in [0.5, 0.6) is 5.75 Å². The molecule has 1 saturated heterocycles. The average Bonchev–Trinajstić information content (AvgIpc) is 3.48. The molecule has 2 fully saturated rings. The van der Waals surface area contributed by atoms with E-state index in [-0.39, 0.29) is 35.3 Å². The molecule has 2 N–H and O–H groups in total. The van der Waals surface area contributed by atoms with Crippen molar-refractivity contribution in [2.45, 2.75) is 25.8 Å². The number of nitrogens with zero attached hydrogens (tertiary/aromatic N) is 2. The number of hydrogen-bond donors (Lipinski definition) is 2. The second kappa shape index (κ2) is 7.03. The van der Waals surface area contributed by atoms with Gasteiger partial charge in [0.2, 0.25) is 5.43 Å². The highest BCUT2D eigenvalue weighted by Gasteiger charge is 2.35. The number of carboxylic acids is 1. The molecular weight excluding hydrogens is 401 g/mol. The van der Waals surface area contributed by atoms with E-state index in [1.807, 2.05) is 11.8 Å². The topological polar surface area (TPSA) is 83.8 Å². The molecule has 3 aliphatic rings. The van der Waals surface area contributed by atoms with E-state index in [0.717, 1.165) is 18.9 Å². The molecule has 2 aliphatic heterocycles. The molecule has 2 aromatic rings. The summed E-state index contributed by atoms with van der Waals surface area (Å²) < 4.78 is 23.0. The van der Waals surface area contributed by atoms with Gasteiger partial charge in [0.25, 0.3) is 0 Å². The number of anilines is 1. The Kier molecular flexibility index (Phi) is 4.78. The van der Waals surface area contributed by atoms with E-state index in [9.17, 15) is 14.7 Å². The van der Waals surface area contributed by atoms with Crippen molar-refractivity contribution in [3.8, 4) is 5.75 Å². The number of halogens is 2. The maximum absolute atomic E-state index is 15.2. The molecule has 1 atom stereocenters. The zero-order valence-electron chi connectivity index (χ0n) is 15.8. The van der Waals surface area contributed by atoms with Crippen molar-refractivity contribution in [1.82, 2.24) is 9.88 Å². The monoisotopic (exact) mass is 421 g/mol. The Bertz CT molecular complexity index is 1110. The first-order valence-electron chi connectivity index (χ1n) is 9.46. The van der Waals surface area contributed by atoms with E-state index in [1.54, 1.807) is 10.8 Å². The number of pyridine rings is 1. The van der Waals surface area contributed by atoms with Crippen molar-refractivity contribution in [1.29, 1.82) is 0 Å². The fraction of sp³-hybridized carbons (Fsp3) is 0.400. The third kappa shape index (κ3) is 3.16. The number of piperazine rings is 1. The van der Waals surface area contributed by atoms with Crippen LogP contribution in [-0.2, 0) is 0 Å². The van der Waals surface area contributed by atoms with Crippen molar-refractivity contribution in [2.24, 2.45) is 5.92 Å². The Morgan fingerprint density at radius 1 is 1.38 bits per heavy atom. The van der Waals surface area contributed by atoms with E-state index in [1.165, 1.54) is 6.20 Å². The van der Waals surface area contributed by atoms with Crippen LogP contribution in [0.1, 0.15) is 30.1 Å². The summed E-state index contributed by atoms with van der Waals surface area (Å²) in [4.78, 5) is 26.1. The molecule has 3 heterocycles. The molecule has 154 valence electrons. The van der Waals surface area contributed by atoms with Gasteiger partial charge in [-0.2, -0.15) is 0 Å². The molecule has 29 heavy (non-hydrogen) atoms. The molecule has 1 aliphatic carbocycles. The highest BCUT2D eigenvalue weighted by molar-refractivity contribution is 5.98. The summed E-state index contributed by atoms with van der Waals surface area (Å²) in [5.41, 5.74) is -0.328. The first kappa shape index (κ1) is 19.7. The Morgan fingerprint density at radius 3 is 2.79 bits per heavy atom. The van der Waals surface area contributed by atoms with E-state index < -0.39 is 17.2 Å². The van der Waals surface area contributed by atoms with Gasteiger partial charge in [0, 0.05) is 44.0 Å². The first-order valence-corrected chi connectivity index (χ1v) is 9.46. The van der Waals surface area contributed by atoms with Gasteiger partial charge in [-0.25, -0.2) is 9.18 Å². The van der Waals surface area contributed by atoms with Crippen LogP contribution in [0.25, 0.3) is 17.1 Å². The fourth-order valence-electron chi connectivity index (χ4n) is 4.06. The maximum atomic E-state index is 15.2. The molecule has 1 unspecified atom stereocenters. The van der Waals surface area contributed by atoms with E-state index in [4.69, 9.17) is 4.74 Å². The number of aromatic nitrogens is 1. The normalized spacial score (nSPS) is 20.7. The predicted molar refractivity (Wildman–Crippen MR) is 110 cm³/mol. The summed E-state index contributed by atoms with van der Waals surface area (Å²) in [5.74, 6) is -0.661. The SMILES string of the molecule is CC1CN(c2c(F)cc3c(=O)c(C(=O)O)cn4c3c2OC(C2CC2)=C4)CCN1.Cl. The smallest absolute Gasteiger partial charge is 0.341 e. The Hall–Kier alpha value is -2.58. The molecule has 0 radical (unpaired) electrons. The average molecular weight is 422 g/mol. The predicted octanol–water partition coefficient (Wildman–Crippen LogP) is 2.66. The molecule has 5 rings (SSSR count). The summed E-state index contributed by atoms with van der Waals surface area (Å²) in [6, 6.07) is 1.33. The molecule has 9 heteroatoms. The van der Waals surface area contributed by atoms with Gasteiger partial charge in [-0.05, 0) is 25.8 Å². The van der Waals surface area contributed by atoms with Crippen LogP contribution < -0.4 is 20.4 Å². The van der Waals surface area contributed by atoms with Gasteiger partial charge in [-0.3, -0.25) is 4.79 Å². The number of nitrogens with one attached hydrogen (secondary N) is 1. The lowest BCUT2D eigenvalue weighted by Gasteiger charge is -2.35. The molecule has 1 aromatic carbocycles. The first-order chi connectivity index (χ1) is 13.4. The number of hydrogen-bond acceptors (Lipinski definition) is 5. The number of benzene rings is 1. The van der Waals surface area contributed by atoms with Crippen molar-refractivity contribution in [3.05, 3.63) is 39.6 Å². The maximum Gasteiger partial charge on any atom is 0.341 e. The fourth-order valence-corrected chi connectivity index (χ4v) is 4.06. The standard InChI is InChI=1S/C20H20FN3O4.ClH/c1-10-7-23(5-4-22-10)17-14(21)6-12-16-19(17)28-15(11-2-3-11)9-24(16)8-13(18(12)25)20(26)27;/h6,8-11,22H,2-5,7H2,1H3,(H,26,27);1H. The number of ether oxygens (including phenoxy) is 1. The van der Waals surface area contributed by atoms with Crippen molar-refractivity contribution >= 4 is 41.2 Å². The lowest BCUT2D eigenvalue weighted by atomic mass is 10.1. The summed E-state index contributed by atoms with van der Waals surface area (Å²) in [5, 5.41) is 12.8. The summed E-state index contributed by atoms with van der Waals surface area (Å²) in [6.45, 7) is 3.97. The summed E-state index contributed by atoms with van der Waals surface area (Å²) in [7, 11) is 0. The molecular formula is C20H21ClFN3O4. The van der Waals surface area contributed by atoms with Crippen LogP contribution in [0.4, 0.5) is 10.1 Å². The number of carboxylic acid groups (broad SMARTS) is 1. The van der Waals surface area contributed by atoms with Crippen LogP contribution in [0, 0.1) is 11.7 Å². The van der Waals surface area contributed by atoms with Crippen LogP contribution in [-0.4, -0.2) is 41.3 Å². The van der Waals surface area contributed by atoms with Gasteiger partial charge < -0.3 is 24.6 Å². The van der Waals surface area contributed by atoms with Crippen molar-refractivity contribution in [2.75, 3.05) is 24.5 Å². The van der Waals surface area contributed by atoms with E-state index in [2.05, 4.69) is 5.32 Å². The Balaban J connectivity index is 0.00000205. The van der Waals surface area contributed by atoms with Gasteiger partial charge in [0.15, 0.2) is 11.6 Å². The number of carbonyl (C=O) groups is 1. The minimum Gasteiger partial charge on any atom is -0.477 e. The Labute approximate surface area is 172 Å². The third-order valence-electron chi connectivity index (χ3n) is 5.58. The molecule has 1 aromatic heterocycles. The quantitative estimate of drug-likeness (QED) is 0.792. The molecule has 0 bridgehead atoms. The second-order valence-corrected chi connectivity index (χ2v) is 7.73. The minimum atomic E-state index is -1.33.